The van der Waals surface area contributed by atoms with Crippen LogP contribution in [0.5, 0.6) is 5.75 Å². The lowest BCUT2D eigenvalue weighted by Crippen LogP contribution is -2.28. The van der Waals surface area contributed by atoms with Gasteiger partial charge in [0.15, 0.2) is 0 Å². The van der Waals surface area contributed by atoms with Crippen LogP contribution >= 0.6 is 0 Å². The zero-order valence-electron chi connectivity index (χ0n) is 12.7. The fourth-order valence-corrected chi connectivity index (χ4v) is 2.42. The third-order valence-corrected chi connectivity index (χ3v) is 3.74. The Balaban J connectivity index is 1.80. The molecule has 2 rings (SSSR count). The summed E-state index contributed by atoms with van der Waals surface area (Å²) in [4.78, 5) is 11.8. The Labute approximate surface area is 125 Å². The summed E-state index contributed by atoms with van der Waals surface area (Å²) in [6.07, 6.45) is 4.58. The van der Waals surface area contributed by atoms with E-state index in [1.807, 2.05) is 24.3 Å². The van der Waals surface area contributed by atoms with Gasteiger partial charge in [-0.2, -0.15) is 5.10 Å². The van der Waals surface area contributed by atoms with Crippen LogP contribution in [0.4, 0.5) is 5.69 Å². The van der Waals surface area contributed by atoms with Crippen LogP contribution in [0.25, 0.3) is 0 Å². The van der Waals surface area contributed by atoms with E-state index in [2.05, 4.69) is 22.8 Å². The second-order valence-electron chi connectivity index (χ2n) is 5.37. The predicted octanol–water partition coefficient (Wildman–Crippen LogP) is 2.79. The number of methoxy groups -OCH3 is 1. The van der Waals surface area contributed by atoms with Gasteiger partial charge in [-0.15, -0.1) is 0 Å². The molecule has 0 spiro atoms. The Bertz CT molecular complexity index is 514. The molecule has 0 bridgehead atoms. The van der Waals surface area contributed by atoms with Crippen LogP contribution < -0.4 is 15.5 Å². The molecule has 1 aliphatic rings. The summed E-state index contributed by atoms with van der Waals surface area (Å²) < 4.78 is 5.14. The fraction of sp³-hybridized carbons (Fsp3) is 0.500. The minimum absolute atomic E-state index is 0.136. The zero-order valence-corrected chi connectivity index (χ0v) is 12.7. The highest BCUT2D eigenvalue weighted by atomic mass is 16.5. The van der Waals surface area contributed by atoms with Crippen LogP contribution in [-0.4, -0.2) is 25.3 Å². The van der Waals surface area contributed by atoms with Crippen LogP contribution in [0.3, 0.4) is 0 Å². The van der Waals surface area contributed by atoms with Crippen molar-refractivity contribution >= 4 is 17.3 Å². The van der Waals surface area contributed by atoms with Gasteiger partial charge in [0.05, 0.1) is 13.7 Å². The topological polar surface area (TPSA) is 62.7 Å². The zero-order chi connectivity index (χ0) is 15.1. The van der Waals surface area contributed by atoms with Crippen molar-refractivity contribution in [2.75, 3.05) is 19.0 Å². The van der Waals surface area contributed by atoms with Gasteiger partial charge in [-0.3, -0.25) is 4.79 Å². The molecule has 0 radical (unpaired) electrons. The Morgan fingerprint density at radius 2 is 2.29 bits per heavy atom. The van der Waals surface area contributed by atoms with E-state index in [0.717, 1.165) is 30.0 Å². The Morgan fingerprint density at radius 3 is 3.05 bits per heavy atom. The number of nitrogens with one attached hydrogen (secondary N) is 2. The normalized spacial score (nSPS) is 20.1. The standard InChI is InChI=1S/C16H23N3O2/c1-12-6-3-4-9-15(12)18-19-16(20)11-17-13-7-5-8-14(10-13)21-2/h5,7-8,10,12,17H,3-4,6,9,11H2,1-2H3,(H,19,20)/b18-15-/t12-/m0/s1. The Morgan fingerprint density at radius 1 is 1.43 bits per heavy atom. The van der Waals surface area contributed by atoms with Crippen LogP contribution in [0.15, 0.2) is 29.4 Å². The molecule has 1 aromatic rings. The molecule has 1 fully saturated rings. The first-order chi connectivity index (χ1) is 10.2. The van der Waals surface area contributed by atoms with E-state index in [4.69, 9.17) is 4.74 Å². The first kappa shape index (κ1) is 15.4. The minimum Gasteiger partial charge on any atom is -0.497 e. The average molecular weight is 289 g/mol. The first-order valence-electron chi connectivity index (χ1n) is 7.42. The Kier molecular flexibility index (Phi) is 5.60. The monoisotopic (exact) mass is 289 g/mol. The second kappa shape index (κ2) is 7.67. The first-order valence-corrected chi connectivity index (χ1v) is 7.42. The lowest BCUT2D eigenvalue weighted by molar-refractivity contribution is -0.119. The van der Waals surface area contributed by atoms with E-state index < -0.39 is 0 Å². The van der Waals surface area contributed by atoms with Gasteiger partial charge in [0, 0.05) is 17.5 Å². The summed E-state index contributed by atoms with van der Waals surface area (Å²) in [6.45, 7) is 2.36. The van der Waals surface area contributed by atoms with E-state index in [1.54, 1.807) is 7.11 Å². The molecule has 1 saturated carbocycles. The highest BCUT2D eigenvalue weighted by Gasteiger charge is 2.16. The van der Waals surface area contributed by atoms with Crippen LogP contribution in [0, 0.1) is 5.92 Å². The van der Waals surface area contributed by atoms with E-state index in [0.29, 0.717) is 5.92 Å². The molecule has 0 saturated heterocycles. The highest BCUT2D eigenvalue weighted by Crippen LogP contribution is 2.20. The molecular weight excluding hydrogens is 266 g/mol. The second-order valence-corrected chi connectivity index (χ2v) is 5.37. The van der Waals surface area contributed by atoms with Gasteiger partial charge in [0.1, 0.15) is 5.75 Å². The van der Waals surface area contributed by atoms with Crippen molar-refractivity contribution in [1.29, 1.82) is 0 Å². The molecule has 0 aromatic heterocycles. The number of carbonyl (C=O) groups excluding carboxylic acids is 1. The fourth-order valence-electron chi connectivity index (χ4n) is 2.42. The number of benzene rings is 1. The summed E-state index contributed by atoms with van der Waals surface area (Å²) in [7, 11) is 1.62. The maximum Gasteiger partial charge on any atom is 0.259 e. The molecule has 1 aliphatic carbocycles. The number of amides is 1. The molecule has 2 N–H and O–H groups in total. The smallest absolute Gasteiger partial charge is 0.259 e. The van der Waals surface area contributed by atoms with Gasteiger partial charge in [-0.05, 0) is 37.3 Å². The van der Waals surface area contributed by atoms with E-state index in [-0.39, 0.29) is 12.5 Å². The van der Waals surface area contributed by atoms with E-state index in [9.17, 15) is 4.79 Å². The van der Waals surface area contributed by atoms with Crippen molar-refractivity contribution in [3.63, 3.8) is 0 Å². The number of hydrogen-bond acceptors (Lipinski definition) is 4. The maximum atomic E-state index is 11.8. The van der Waals surface area contributed by atoms with Crippen molar-refractivity contribution in [3.05, 3.63) is 24.3 Å². The van der Waals surface area contributed by atoms with Crippen LogP contribution in [-0.2, 0) is 4.79 Å². The van der Waals surface area contributed by atoms with Crippen LogP contribution in [0.2, 0.25) is 0 Å². The average Bonchev–Trinajstić information content (AvgIpc) is 2.52. The number of nitrogens with zero attached hydrogens (tertiary/aromatic N) is 1. The van der Waals surface area contributed by atoms with Crippen molar-refractivity contribution in [2.45, 2.75) is 32.6 Å². The summed E-state index contributed by atoms with van der Waals surface area (Å²) >= 11 is 0. The largest absolute Gasteiger partial charge is 0.497 e. The molecule has 1 amide bonds. The van der Waals surface area contributed by atoms with E-state index >= 15 is 0 Å². The van der Waals surface area contributed by atoms with Crippen molar-refractivity contribution < 1.29 is 9.53 Å². The van der Waals surface area contributed by atoms with Crippen molar-refractivity contribution in [1.82, 2.24) is 5.43 Å². The van der Waals surface area contributed by atoms with E-state index in [1.165, 1.54) is 12.8 Å². The van der Waals surface area contributed by atoms with Gasteiger partial charge in [-0.25, -0.2) is 5.43 Å². The van der Waals surface area contributed by atoms with Gasteiger partial charge < -0.3 is 10.1 Å². The summed E-state index contributed by atoms with van der Waals surface area (Å²) in [6, 6.07) is 7.48. The molecule has 5 heteroatoms. The SMILES string of the molecule is COc1cccc(NCC(=O)N/N=C2/CCCC[C@@H]2C)c1. The number of carbonyl (C=O) groups is 1. The predicted molar refractivity (Wildman–Crippen MR) is 84.7 cm³/mol. The van der Waals surface area contributed by atoms with Gasteiger partial charge in [0.25, 0.3) is 5.91 Å². The molecule has 114 valence electrons. The Hall–Kier alpha value is -2.04. The molecule has 21 heavy (non-hydrogen) atoms. The molecule has 1 atom stereocenters. The van der Waals surface area contributed by atoms with Crippen molar-refractivity contribution in [2.24, 2.45) is 11.0 Å². The van der Waals surface area contributed by atoms with Crippen molar-refractivity contribution in [3.8, 4) is 5.75 Å². The lowest BCUT2D eigenvalue weighted by Gasteiger charge is -2.19. The summed E-state index contributed by atoms with van der Waals surface area (Å²) in [5.41, 5.74) is 4.59. The maximum absolute atomic E-state index is 11.8. The van der Waals surface area contributed by atoms with Gasteiger partial charge in [-0.1, -0.05) is 19.4 Å². The molecule has 0 heterocycles. The third kappa shape index (κ3) is 4.77. The number of hydrazone groups is 1. The highest BCUT2D eigenvalue weighted by molar-refractivity contribution is 5.89. The molecule has 0 aliphatic heterocycles. The quantitative estimate of drug-likeness (QED) is 0.819. The number of hydrogen-bond donors (Lipinski definition) is 2. The molecule has 0 unspecified atom stereocenters. The molecular formula is C16H23N3O2. The lowest BCUT2D eigenvalue weighted by atomic mass is 9.89. The van der Waals surface area contributed by atoms with Gasteiger partial charge in [0.2, 0.25) is 0 Å². The number of anilines is 1. The van der Waals surface area contributed by atoms with Gasteiger partial charge >= 0.3 is 0 Å². The number of rotatable bonds is 5. The summed E-state index contributed by atoms with van der Waals surface area (Å²) in [5.74, 6) is 1.10. The minimum atomic E-state index is -0.136. The molecule has 5 nitrogen and oxygen atoms in total. The number of ether oxygens (including phenoxy) is 1. The van der Waals surface area contributed by atoms with Crippen LogP contribution in [0.1, 0.15) is 32.6 Å². The summed E-state index contributed by atoms with van der Waals surface area (Å²) in [5, 5.41) is 7.32. The molecule has 1 aromatic carbocycles. The third-order valence-electron chi connectivity index (χ3n) is 3.74.